The molecule has 0 aromatic heterocycles. The second-order valence-electron chi connectivity index (χ2n) is 21.4. The molecule has 0 aliphatic carbocycles. The Bertz CT molecular complexity index is 1200. The summed E-state index contributed by atoms with van der Waals surface area (Å²) in [5, 5.41) is 13.9. The molecule has 9 heteroatoms. The molecule has 0 rings (SSSR count). The minimum absolute atomic E-state index is 0.0550. The first kappa shape index (κ1) is 66.7. The zero-order chi connectivity index (χ0) is 49.9. The monoisotopic (exact) mass is 980 g/mol. The van der Waals surface area contributed by atoms with Crippen LogP contribution in [0.1, 0.15) is 284 Å². The van der Waals surface area contributed by atoms with Gasteiger partial charge in [0.2, 0.25) is 5.91 Å². The first-order valence-electron chi connectivity index (χ1n) is 29.4. The Balaban J connectivity index is 4.17. The van der Waals surface area contributed by atoms with Gasteiger partial charge in [0.15, 0.2) is 0 Å². The van der Waals surface area contributed by atoms with Gasteiger partial charge in [0, 0.05) is 6.42 Å². The minimum atomic E-state index is -4.36. The fourth-order valence-electron chi connectivity index (χ4n) is 8.70. The van der Waals surface area contributed by atoms with Gasteiger partial charge in [-0.25, -0.2) is 4.57 Å². The van der Waals surface area contributed by atoms with Crippen LogP contribution in [0.15, 0.2) is 36.5 Å². The Hall–Kier alpha value is -1.28. The van der Waals surface area contributed by atoms with Gasteiger partial charge >= 0.3 is 7.82 Å². The zero-order valence-corrected chi connectivity index (χ0v) is 46.8. The van der Waals surface area contributed by atoms with Crippen molar-refractivity contribution in [3.8, 4) is 0 Å². The summed E-state index contributed by atoms with van der Waals surface area (Å²) in [5.41, 5.74) is 0. The van der Waals surface area contributed by atoms with Crippen LogP contribution in [0.2, 0.25) is 0 Å². The number of rotatable bonds is 54. The van der Waals surface area contributed by atoms with E-state index in [4.69, 9.17) is 9.05 Å². The van der Waals surface area contributed by atoms with E-state index >= 15 is 0 Å². The van der Waals surface area contributed by atoms with Crippen LogP contribution in [0.4, 0.5) is 0 Å². The first-order chi connectivity index (χ1) is 33.0. The van der Waals surface area contributed by atoms with Gasteiger partial charge in [-0.1, -0.05) is 256 Å². The molecule has 0 aliphatic heterocycles. The quantitative estimate of drug-likeness (QED) is 0.0243. The van der Waals surface area contributed by atoms with Crippen molar-refractivity contribution in [1.29, 1.82) is 0 Å². The van der Waals surface area contributed by atoms with Gasteiger partial charge in [-0.05, 0) is 57.8 Å². The van der Waals surface area contributed by atoms with Gasteiger partial charge in [0.1, 0.15) is 13.2 Å². The van der Waals surface area contributed by atoms with Gasteiger partial charge in [-0.2, -0.15) is 0 Å². The summed E-state index contributed by atoms with van der Waals surface area (Å²) in [6.45, 7) is 4.81. The van der Waals surface area contributed by atoms with Crippen molar-refractivity contribution < 1.29 is 32.9 Å². The number of likely N-dealkylation sites (N-methyl/N-ethyl adjacent to an activating group) is 1. The maximum atomic E-state index is 12.9. The SMILES string of the molecule is CCCCCCCCC/C=C\CCCCCCCC(=O)NC(COP(=O)(O)OCC[N+](C)(C)C)C(O)/C=C/CC/C=C/CCCCCCCCCCCCCCCCCCCCCCCCCC. The van der Waals surface area contributed by atoms with E-state index in [1.807, 2.05) is 27.2 Å². The number of unbranched alkanes of at least 4 members (excludes halogenated alkanes) is 37. The Morgan fingerprint density at radius 2 is 0.809 bits per heavy atom. The molecule has 3 unspecified atom stereocenters. The molecule has 0 bridgehead atoms. The van der Waals surface area contributed by atoms with E-state index in [9.17, 15) is 19.4 Å². The van der Waals surface area contributed by atoms with Crippen LogP contribution < -0.4 is 5.32 Å². The molecular formula is C59H116N2O6P+. The van der Waals surface area contributed by atoms with Gasteiger partial charge in [-0.3, -0.25) is 13.8 Å². The first-order valence-corrected chi connectivity index (χ1v) is 30.9. The van der Waals surface area contributed by atoms with Gasteiger partial charge in [-0.15, -0.1) is 0 Å². The summed E-state index contributed by atoms with van der Waals surface area (Å²) in [6, 6.07) is -0.867. The summed E-state index contributed by atoms with van der Waals surface area (Å²) < 4.78 is 23.7. The Kier molecular flexibility index (Phi) is 49.7. The molecule has 3 atom stereocenters. The average Bonchev–Trinajstić information content (AvgIpc) is 3.30. The summed E-state index contributed by atoms with van der Waals surface area (Å²) in [6.07, 6.45) is 65.5. The number of hydrogen-bond acceptors (Lipinski definition) is 5. The Morgan fingerprint density at radius 1 is 0.485 bits per heavy atom. The highest BCUT2D eigenvalue weighted by Gasteiger charge is 2.27. The number of phosphoric ester groups is 1. The van der Waals surface area contributed by atoms with Crippen molar-refractivity contribution in [2.75, 3.05) is 40.9 Å². The predicted octanol–water partition coefficient (Wildman–Crippen LogP) is 17.8. The topological polar surface area (TPSA) is 105 Å². The number of aliphatic hydroxyl groups excluding tert-OH is 1. The molecule has 3 N–H and O–H groups in total. The molecule has 0 aromatic carbocycles. The fourth-order valence-corrected chi connectivity index (χ4v) is 9.44. The highest BCUT2D eigenvalue weighted by Crippen LogP contribution is 2.43. The lowest BCUT2D eigenvalue weighted by Gasteiger charge is -2.25. The average molecular weight is 981 g/mol. The van der Waals surface area contributed by atoms with Crippen LogP contribution in [0, 0.1) is 0 Å². The standard InChI is InChI=1S/C59H115N2O6P/c1-6-8-10-12-14-16-18-20-22-24-25-26-27-28-29-30-31-32-33-34-35-36-37-38-40-42-44-46-48-50-52-58(62)57(56-67-68(64,65)66-55-54-61(3,4)5)60-59(63)53-51-49-47-45-43-41-39-23-21-19-17-15-13-11-9-7-2/h23,39,42,44,50,52,57-58,62H,6-22,24-38,40-41,43,45-49,51,53-56H2,1-5H3,(H-,60,63,64,65)/p+1/b39-23-,44-42+,52-50+. The van der Waals surface area contributed by atoms with E-state index in [1.165, 1.54) is 212 Å². The molecular weight excluding hydrogens is 864 g/mol. The van der Waals surface area contributed by atoms with Crippen LogP contribution in [0.3, 0.4) is 0 Å². The van der Waals surface area contributed by atoms with Crippen molar-refractivity contribution in [2.24, 2.45) is 0 Å². The molecule has 0 fully saturated rings. The molecule has 0 saturated heterocycles. The maximum Gasteiger partial charge on any atom is 0.472 e. The number of carbonyl (C=O) groups excluding carboxylic acids is 1. The Morgan fingerprint density at radius 3 is 1.18 bits per heavy atom. The van der Waals surface area contributed by atoms with Gasteiger partial charge in [0.05, 0.1) is 39.9 Å². The molecule has 0 spiro atoms. The third-order valence-corrected chi connectivity index (χ3v) is 14.3. The highest BCUT2D eigenvalue weighted by molar-refractivity contribution is 7.47. The second kappa shape index (κ2) is 50.7. The Labute approximate surface area is 423 Å². The van der Waals surface area contributed by atoms with E-state index in [-0.39, 0.29) is 19.1 Å². The van der Waals surface area contributed by atoms with E-state index < -0.39 is 20.0 Å². The molecule has 0 heterocycles. The van der Waals surface area contributed by atoms with Gasteiger partial charge in [0.25, 0.3) is 0 Å². The second-order valence-corrected chi connectivity index (χ2v) is 22.8. The fraction of sp³-hybridized carbons (Fsp3) is 0.881. The molecule has 68 heavy (non-hydrogen) atoms. The third-order valence-electron chi connectivity index (χ3n) is 13.3. The van der Waals surface area contributed by atoms with Crippen LogP contribution in [0.25, 0.3) is 0 Å². The number of allylic oxidation sites excluding steroid dienone is 5. The van der Waals surface area contributed by atoms with E-state index in [0.29, 0.717) is 17.4 Å². The van der Waals surface area contributed by atoms with Crippen LogP contribution in [-0.4, -0.2) is 73.4 Å². The summed E-state index contributed by atoms with van der Waals surface area (Å²) >= 11 is 0. The predicted molar refractivity (Wildman–Crippen MR) is 295 cm³/mol. The largest absolute Gasteiger partial charge is 0.472 e. The molecule has 8 nitrogen and oxygen atoms in total. The van der Waals surface area contributed by atoms with E-state index in [0.717, 1.165) is 51.4 Å². The summed E-state index contributed by atoms with van der Waals surface area (Å²) in [5.74, 6) is -0.193. The van der Waals surface area contributed by atoms with Crippen molar-refractivity contribution >= 4 is 13.7 Å². The lowest BCUT2D eigenvalue weighted by Crippen LogP contribution is -2.45. The third kappa shape index (κ3) is 52.5. The van der Waals surface area contributed by atoms with Crippen molar-refractivity contribution in [3.05, 3.63) is 36.5 Å². The van der Waals surface area contributed by atoms with Crippen LogP contribution in [0.5, 0.6) is 0 Å². The molecule has 402 valence electrons. The normalized spacial score (nSPS) is 14.2. The number of carbonyl (C=O) groups is 1. The number of phosphoric acid groups is 1. The summed E-state index contributed by atoms with van der Waals surface area (Å²) in [4.78, 5) is 23.2. The number of amides is 1. The van der Waals surface area contributed by atoms with Crippen molar-refractivity contribution in [3.63, 3.8) is 0 Å². The van der Waals surface area contributed by atoms with Crippen LogP contribution in [-0.2, 0) is 18.4 Å². The molecule has 0 radical (unpaired) electrons. The lowest BCUT2D eigenvalue weighted by molar-refractivity contribution is -0.870. The van der Waals surface area contributed by atoms with Gasteiger partial charge < -0.3 is 19.8 Å². The number of hydrogen-bond donors (Lipinski definition) is 3. The number of quaternary nitrogens is 1. The smallest absolute Gasteiger partial charge is 0.387 e. The molecule has 1 amide bonds. The molecule has 0 aliphatic rings. The minimum Gasteiger partial charge on any atom is -0.387 e. The molecule has 0 aromatic rings. The van der Waals surface area contributed by atoms with E-state index in [1.54, 1.807) is 6.08 Å². The number of nitrogens with zero attached hydrogens (tertiary/aromatic N) is 1. The molecule has 0 saturated carbocycles. The number of aliphatic hydroxyl groups is 1. The maximum absolute atomic E-state index is 12.9. The lowest BCUT2D eigenvalue weighted by atomic mass is 10.0. The van der Waals surface area contributed by atoms with E-state index in [2.05, 4.69) is 43.5 Å². The van der Waals surface area contributed by atoms with Crippen molar-refractivity contribution in [1.82, 2.24) is 5.32 Å². The number of nitrogens with one attached hydrogen (secondary N) is 1. The summed E-state index contributed by atoms with van der Waals surface area (Å²) in [7, 11) is 1.56. The zero-order valence-electron chi connectivity index (χ0n) is 45.9. The highest BCUT2D eigenvalue weighted by atomic mass is 31.2. The van der Waals surface area contributed by atoms with Crippen molar-refractivity contribution in [2.45, 2.75) is 296 Å². The van der Waals surface area contributed by atoms with Crippen LogP contribution >= 0.6 is 7.82 Å².